The average molecular weight is 345 g/mol. The smallest absolute Gasteiger partial charge is 0.235 e. The third-order valence-corrected chi connectivity index (χ3v) is 5.30. The standard InChI is InChI=1S/C19H23NO3S/c1-15(18-6-4-3-5-7-18)20(2)19(22)14-24(23)13-17-10-8-16(12-21)9-11-17/h3-11,15,21H,12-14H2,1-2H3. The maximum atomic E-state index is 12.4. The predicted octanol–water partition coefficient (Wildman–Crippen LogP) is 2.65. The van der Waals surface area contributed by atoms with E-state index in [1.54, 1.807) is 24.1 Å². The van der Waals surface area contributed by atoms with E-state index in [0.29, 0.717) is 5.75 Å². The molecule has 0 saturated heterocycles. The Hall–Kier alpha value is -1.98. The summed E-state index contributed by atoms with van der Waals surface area (Å²) in [6.45, 7) is 1.95. The van der Waals surface area contributed by atoms with Crippen LogP contribution in [0.25, 0.3) is 0 Å². The number of carbonyl (C=O) groups excluding carboxylic acids is 1. The minimum absolute atomic E-state index is 0.00935. The molecule has 0 aromatic heterocycles. The number of hydrogen-bond acceptors (Lipinski definition) is 3. The monoisotopic (exact) mass is 345 g/mol. The topological polar surface area (TPSA) is 57.6 Å². The van der Waals surface area contributed by atoms with Gasteiger partial charge in [-0.25, -0.2) is 0 Å². The molecule has 2 atom stereocenters. The van der Waals surface area contributed by atoms with Crippen LogP contribution in [-0.2, 0) is 28.0 Å². The van der Waals surface area contributed by atoms with E-state index in [1.165, 1.54) is 0 Å². The van der Waals surface area contributed by atoms with E-state index < -0.39 is 10.8 Å². The summed E-state index contributed by atoms with van der Waals surface area (Å²) in [7, 11) is 0.486. The van der Waals surface area contributed by atoms with Gasteiger partial charge in [0.15, 0.2) is 0 Å². The lowest BCUT2D eigenvalue weighted by atomic mass is 10.1. The normalized spacial score (nSPS) is 13.3. The van der Waals surface area contributed by atoms with Crippen LogP contribution in [0.15, 0.2) is 54.6 Å². The molecule has 0 aliphatic carbocycles. The van der Waals surface area contributed by atoms with Crippen LogP contribution < -0.4 is 0 Å². The molecule has 5 heteroatoms. The first-order valence-electron chi connectivity index (χ1n) is 7.85. The first-order chi connectivity index (χ1) is 11.5. The molecule has 0 saturated carbocycles. The van der Waals surface area contributed by atoms with Gasteiger partial charge in [-0.15, -0.1) is 0 Å². The van der Waals surface area contributed by atoms with Crippen molar-refractivity contribution in [3.8, 4) is 0 Å². The molecule has 1 amide bonds. The van der Waals surface area contributed by atoms with Crippen molar-refractivity contribution in [1.82, 2.24) is 4.90 Å². The predicted molar refractivity (Wildman–Crippen MR) is 96.7 cm³/mol. The van der Waals surface area contributed by atoms with Gasteiger partial charge in [-0.3, -0.25) is 9.00 Å². The summed E-state index contributed by atoms with van der Waals surface area (Å²) < 4.78 is 12.3. The number of aliphatic hydroxyl groups excluding tert-OH is 1. The molecule has 128 valence electrons. The number of rotatable bonds is 7. The molecule has 0 spiro atoms. The highest BCUT2D eigenvalue weighted by Crippen LogP contribution is 2.18. The van der Waals surface area contributed by atoms with Crippen molar-refractivity contribution in [2.75, 3.05) is 12.8 Å². The third-order valence-electron chi connectivity index (χ3n) is 4.07. The summed E-state index contributed by atoms with van der Waals surface area (Å²) in [6.07, 6.45) is 0. The zero-order valence-electron chi connectivity index (χ0n) is 14.0. The zero-order chi connectivity index (χ0) is 17.5. The van der Waals surface area contributed by atoms with Crippen molar-refractivity contribution >= 4 is 16.7 Å². The molecule has 4 nitrogen and oxygen atoms in total. The van der Waals surface area contributed by atoms with Gasteiger partial charge in [-0.1, -0.05) is 54.6 Å². The Bertz CT molecular complexity index is 686. The molecule has 0 aliphatic heterocycles. The van der Waals surface area contributed by atoms with Crippen molar-refractivity contribution in [2.24, 2.45) is 0 Å². The Morgan fingerprint density at radius 1 is 1.08 bits per heavy atom. The van der Waals surface area contributed by atoms with Crippen LogP contribution in [-0.4, -0.2) is 32.9 Å². The molecule has 1 N–H and O–H groups in total. The van der Waals surface area contributed by atoms with E-state index in [4.69, 9.17) is 5.11 Å². The van der Waals surface area contributed by atoms with Gasteiger partial charge in [-0.05, 0) is 23.6 Å². The van der Waals surface area contributed by atoms with Crippen LogP contribution in [0, 0.1) is 0 Å². The molecular weight excluding hydrogens is 322 g/mol. The summed E-state index contributed by atoms with van der Waals surface area (Å²) in [5.41, 5.74) is 2.77. The third kappa shape index (κ3) is 5.01. The van der Waals surface area contributed by atoms with Crippen LogP contribution >= 0.6 is 0 Å². The van der Waals surface area contributed by atoms with Crippen molar-refractivity contribution in [3.63, 3.8) is 0 Å². The van der Waals surface area contributed by atoms with Gasteiger partial charge in [0.2, 0.25) is 5.91 Å². The maximum absolute atomic E-state index is 12.4. The van der Waals surface area contributed by atoms with E-state index in [1.807, 2.05) is 49.4 Å². The second kappa shape index (κ2) is 8.76. The summed E-state index contributed by atoms with van der Waals surface area (Å²) in [5, 5.41) is 9.03. The fourth-order valence-corrected chi connectivity index (χ4v) is 3.53. The lowest BCUT2D eigenvalue weighted by Crippen LogP contribution is -2.33. The van der Waals surface area contributed by atoms with E-state index in [0.717, 1.165) is 16.7 Å². The lowest BCUT2D eigenvalue weighted by Gasteiger charge is -2.25. The van der Waals surface area contributed by atoms with Crippen LogP contribution in [0.2, 0.25) is 0 Å². The van der Waals surface area contributed by atoms with E-state index in [2.05, 4.69) is 0 Å². The fourth-order valence-electron chi connectivity index (χ4n) is 2.39. The molecule has 2 unspecified atom stereocenters. The van der Waals surface area contributed by atoms with E-state index in [-0.39, 0.29) is 24.3 Å². The molecular formula is C19H23NO3S. The summed E-state index contributed by atoms with van der Waals surface area (Å²) in [4.78, 5) is 14.0. The number of hydrogen-bond donors (Lipinski definition) is 1. The van der Waals surface area contributed by atoms with Crippen molar-refractivity contribution in [3.05, 3.63) is 71.3 Å². The van der Waals surface area contributed by atoms with E-state index in [9.17, 15) is 9.00 Å². The molecule has 0 aliphatic rings. The van der Waals surface area contributed by atoms with Gasteiger partial charge in [0.1, 0.15) is 5.75 Å². The average Bonchev–Trinajstić information content (AvgIpc) is 2.61. The summed E-state index contributed by atoms with van der Waals surface area (Å²) >= 11 is 0. The molecule has 0 heterocycles. The highest BCUT2D eigenvalue weighted by Gasteiger charge is 2.19. The van der Waals surface area contributed by atoms with Crippen LogP contribution in [0.5, 0.6) is 0 Å². The molecule has 2 rings (SSSR count). The van der Waals surface area contributed by atoms with Crippen molar-refractivity contribution < 1.29 is 14.1 Å². The molecule has 24 heavy (non-hydrogen) atoms. The highest BCUT2D eigenvalue weighted by molar-refractivity contribution is 7.84. The van der Waals surface area contributed by atoms with Crippen LogP contribution in [0.4, 0.5) is 0 Å². The van der Waals surface area contributed by atoms with Gasteiger partial charge in [0.05, 0.1) is 12.6 Å². The maximum Gasteiger partial charge on any atom is 0.235 e. The first kappa shape index (κ1) is 18.4. The number of carbonyl (C=O) groups is 1. The largest absolute Gasteiger partial charge is 0.392 e. The van der Waals surface area contributed by atoms with Crippen molar-refractivity contribution in [1.29, 1.82) is 0 Å². The zero-order valence-corrected chi connectivity index (χ0v) is 14.8. The Balaban J connectivity index is 1.91. The second-order valence-corrected chi connectivity index (χ2v) is 7.25. The molecule has 0 fully saturated rings. The highest BCUT2D eigenvalue weighted by atomic mass is 32.2. The quantitative estimate of drug-likeness (QED) is 0.839. The minimum atomic E-state index is -1.26. The molecule has 0 radical (unpaired) electrons. The van der Waals surface area contributed by atoms with Crippen LogP contribution in [0.3, 0.4) is 0 Å². The van der Waals surface area contributed by atoms with Gasteiger partial charge >= 0.3 is 0 Å². The van der Waals surface area contributed by atoms with Gasteiger partial charge in [0.25, 0.3) is 0 Å². The Morgan fingerprint density at radius 3 is 2.25 bits per heavy atom. The Labute approximate surface area is 145 Å². The number of aliphatic hydroxyl groups is 1. The number of benzene rings is 2. The molecule has 2 aromatic carbocycles. The Kier molecular flexibility index (Phi) is 6.70. The number of amides is 1. The Morgan fingerprint density at radius 2 is 1.67 bits per heavy atom. The van der Waals surface area contributed by atoms with Crippen molar-refractivity contribution in [2.45, 2.75) is 25.3 Å². The second-order valence-electron chi connectivity index (χ2n) is 5.79. The lowest BCUT2D eigenvalue weighted by molar-refractivity contribution is -0.129. The summed E-state index contributed by atoms with van der Waals surface area (Å²) in [6, 6.07) is 17.0. The van der Waals surface area contributed by atoms with Gasteiger partial charge in [-0.2, -0.15) is 0 Å². The number of nitrogens with zero attached hydrogens (tertiary/aromatic N) is 1. The van der Waals surface area contributed by atoms with E-state index >= 15 is 0 Å². The molecule has 0 bridgehead atoms. The molecule has 2 aromatic rings. The summed E-state index contributed by atoms with van der Waals surface area (Å²) in [5.74, 6) is 0.220. The first-order valence-corrected chi connectivity index (χ1v) is 9.34. The fraction of sp³-hybridized carbons (Fsp3) is 0.316. The van der Waals surface area contributed by atoms with Crippen LogP contribution in [0.1, 0.15) is 29.7 Å². The van der Waals surface area contributed by atoms with Gasteiger partial charge in [0, 0.05) is 23.6 Å². The SMILES string of the molecule is CC(c1ccccc1)N(C)C(=O)CS(=O)Cc1ccc(CO)cc1. The minimum Gasteiger partial charge on any atom is -0.392 e. The van der Waals surface area contributed by atoms with Gasteiger partial charge < -0.3 is 10.0 Å².